The fourth-order valence-corrected chi connectivity index (χ4v) is 5.60. The first-order valence-electron chi connectivity index (χ1n) is 13.4. The van der Waals surface area contributed by atoms with Crippen LogP contribution in [0.15, 0.2) is 164 Å². The molecule has 0 aliphatic heterocycles. The van der Waals surface area contributed by atoms with Crippen molar-refractivity contribution in [3.8, 4) is 22.3 Å². The summed E-state index contributed by atoms with van der Waals surface area (Å²) < 4.78 is 0. The van der Waals surface area contributed by atoms with Crippen LogP contribution in [-0.4, -0.2) is 0 Å². The lowest BCUT2D eigenvalue weighted by Crippen LogP contribution is -2.12. The smallest absolute Gasteiger partial charge is 0.0618 e. The lowest BCUT2D eigenvalue weighted by atomic mass is 9.96. The van der Waals surface area contributed by atoms with Gasteiger partial charge in [0.2, 0.25) is 0 Å². The van der Waals surface area contributed by atoms with Gasteiger partial charge in [0, 0.05) is 22.0 Å². The van der Waals surface area contributed by atoms with E-state index in [0.717, 1.165) is 11.4 Å². The third kappa shape index (κ3) is 4.24. The highest BCUT2D eigenvalue weighted by atomic mass is 15.1. The van der Waals surface area contributed by atoms with Gasteiger partial charge in [0.15, 0.2) is 0 Å². The Morgan fingerprint density at radius 2 is 0.897 bits per heavy atom. The fraction of sp³-hybridized carbons (Fsp3) is 0. The van der Waals surface area contributed by atoms with Gasteiger partial charge in [0.25, 0.3) is 0 Å². The van der Waals surface area contributed by atoms with Crippen LogP contribution in [0.25, 0.3) is 43.8 Å². The van der Waals surface area contributed by atoms with Crippen LogP contribution in [0, 0.1) is 0 Å². The van der Waals surface area contributed by atoms with Crippen LogP contribution >= 0.6 is 0 Å². The number of hydrogen-bond donors (Lipinski definition) is 0. The van der Waals surface area contributed by atoms with Crippen LogP contribution in [0.3, 0.4) is 0 Å². The molecule has 0 atom stereocenters. The first kappa shape index (κ1) is 23.0. The van der Waals surface area contributed by atoms with Crippen molar-refractivity contribution in [2.45, 2.75) is 0 Å². The van der Waals surface area contributed by atoms with Gasteiger partial charge in [-0.05, 0) is 51.7 Å². The summed E-state index contributed by atoms with van der Waals surface area (Å²) in [4.78, 5) is 2.46. The van der Waals surface area contributed by atoms with E-state index in [1.807, 2.05) is 0 Å². The Hall–Kier alpha value is -5.14. The maximum Gasteiger partial charge on any atom is 0.0618 e. The van der Waals surface area contributed by atoms with Gasteiger partial charge in [0.1, 0.15) is 0 Å². The normalized spacial score (nSPS) is 11.1. The molecule has 0 unspecified atom stereocenters. The van der Waals surface area contributed by atoms with E-state index in [2.05, 4.69) is 169 Å². The molecule has 7 aromatic rings. The van der Waals surface area contributed by atoms with Crippen molar-refractivity contribution < 1.29 is 0 Å². The molecule has 0 saturated carbocycles. The molecular weight excluding hydrogens is 470 g/mol. The fourth-order valence-electron chi connectivity index (χ4n) is 5.60. The number of rotatable bonds is 5. The lowest BCUT2D eigenvalue weighted by Gasteiger charge is -2.30. The molecule has 184 valence electrons. The van der Waals surface area contributed by atoms with Crippen molar-refractivity contribution >= 4 is 38.6 Å². The van der Waals surface area contributed by atoms with Crippen molar-refractivity contribution in [1.82, 2.24) is 0 Å². The van der Waals surface area contributed by atoms with E-state index in [1.165, 1.54) is 49.5 Å². The number of nitrogens with zero attached hydrogens (tertiary/aromatic N) is 1. The summed E-state index contributed by atoms with van der Waals surface area (Å²) in [5, 5.41) is 4.91. The van der Waals surface area contributed by atoms with E-state index in [9.17, 15) is 0 Å². The van der Waals surface area contributed by atoms with E-state index in [-0.39, 0.29) is 0 Å². The first-order chi connectivity index (χ1) is 19.4. The van der Waals surface area contributed by atoms with Crippen molar-refractivity contribution in [3.05, 3.63) is 164 Å². The zero-order valence-electron chi connectivity index (χ0n) is 21.5. The highest BCUT2D eigenvalue weighted by molar-refractivity contribution is 6.15. The molecule has 0 aromatic heterocycles. The summed E-state index contributed by atoms with van der Waals surface area (Å²) in [6, 6.07) is 58.7. The third-order valence-corrected chi connectivity index (χ3v) is 7.41. The molecule has 7 rings (SSSR count). The Bertz CT molecular complexity index is 1850. The Morgan fingerprint density at radius 3 is 1.59 bits per heavy atom. The molecule has 0 spiro atoms. The van der Waals surface area contributed by atoms with Crippen molar-refractivity contribution in [3.63, 3.8) is 0 Å². The van der Waals surface area contributed by atoms with Crippen LogP contribution in [0.5, 0.6) is 0 Å². The molecule has 0 radical (unpaired) electrons. The lowest BCUT2D eigenvalue weighted by molar-refractivity contribution is 1.31. The molecule has 0 aliphatic carbocycles. The average Bonchev–Trinajstić information content (AvgIpc) is 3.02. The highest BCUT2D eigenvalue weighted by Crippen LogP contribution is 2.47. The molecular formula is C38H27N. The van der Waals surface area contributed by atoms with Crippen molar-refractivity contribution in [2.75, 3.05) is 4.90 Å². The predicted molar refractivity (Wildman–Crippen MR) is 167 cm³/mol. The zero-order chi connectivity index (χ0) is 26.0. The molecule has 7 aromatic carbocycles. The maximum absolute atomic E-state index is 2.46. The Kier molecular flexibility index (Phi) is 5.88. The molecule has 0 heterocycles. The summed E-state index contributed by atoms with van der Waals surface area (Å²) in [6.07, 6.45) is 0. The van der Waals surface area contributed by atoms with Crippen LogP contribution in [0.2, 0.25) is 0 Å². The monoisotopic (exact) mass is 497 g/mol. The minimum Gasteiger partial charge on any atom is -0.309 e. The van der Waals surface area contributed by atoms with E-state index < -0.39 is 0 Å². The molecule has 0 fully saturated rings. The molecule has 0 saturated heterocycles. The quantitative estimate of drug-likeness (QED) is 0.214. The van der Waals surface area contributed by atoms with Gasteiger partial charge >= 0.3 is 0 Å². The average molecular weight is 498 g/mol. The molecule has 0 aliphatic rings. The number of anilines is 3. The Morgan fingerprint density at radius 1 is 0.359 bits per heavy atom. The summed E-state index contributed by atoms with van der Waals surface area (Å²) in [7, 11) is 0. The third-order valence-electron chi connectivity index (χ3n) is 7.41. The first-order valence-corrected chi connectivity index (χ1v) is 13.4. The maximum atomic E-state index is 2.46. The second kappa shape index (κ2) is 9.96. The Balaban J connectivity index is 1.58. The van der Waals surface area contributed by atoms with Crippen LogP contribution in [0.4, 0.5) is 17.1 Å². The SMILES string of the molecule is c1ccc(-c2cccc(N(c3ccccc3-c3ccccc3)c3c4ccccc4cc4ccccc34)c2)cc1. The molecule has 1 heteroatoms. The minimum absolute atomic E-state index is 1.13. The van der Waals surface area contributed by atoms with Gasteiger partial charge in [-0.3, -0.25) is 0 Å². The number of fused-ring (bicyclic) bond motifs is 2. The topological polar surface area (TPSA) is 3.24 Å². The van der Waals surface area contributed by atoms with Crippen molar-refractivity contribution in [1.29, 1.82) is 0 Å². The predicted octanol–water partition coefficient (Wildman–Crippen LogP) is 10.8. The summed E-state index contributed by atoms with van der Waals surface area (Å²) in [5.74, 6) is 0. The van der Waals surface area contributed by atoms with Crippen molar-refractivity contribution in [2.24, 2.45) is 0 Å². The van der Waals surface area contributed by atoms with Crippen LogP contribution < -0.4 is 4.90 Å². The molecule has 0 amide bonds. The van der Waals surface area contributed by atoms with Gasteiger partial charge in [-0.25, -0.2) is 0 Å². The van der Waals surface area contributed by atoms with Gasteiger partial charge in [0.05, 0.1) is 11.4 Å². The van der Waals surface area contributed by atoms with Gasteiger partial charge in [-0.15, -0.1) is 0 Å². The summed E-state index contributed by atoms with van der Waals surface area (Å²) in [6.45, 7) is 0. The molecule has 0 bridgehead atoms. The van der Waals surface area contributed by atoms with Crippen LogP contribution in [-0.2, 0) is 0 Å². The second-order valence-electron chi connectivity index (χ2n) is 9.80. The van der Waals surface area contributed by atoms with Crippen LogP contribution in [0.1, 0.15) is 0 Å². The van der Waals surface area contributed by atoms with E-state index in [1.54, 1.807) is 0 Å². The number of benzene rings is 7. The highest BCUT2D eigenvalue weighted by Gasteiger charge is 2.21. The molecule has 1 nitrogen and oxygen atoms in total. The summed E-state index contributed by atoms with van der Waals surface area (Å²) in [5.41, 5.74) is 8.26. The minimum atomic E-state index is 1.13. The molecule has 0 N–H and O–H groups in total. The van der Waals surface area contributed by atoms with Gasteiger partial charge in [-0.2, -0.15) is 0 Å². The van der Waals surface area contributed by atoms with E-state index in [0.29, 0.717) is 0 Å². The standard InChI is InChI=1S/C38H27N/c1-3-14-28(15-4-1)30-20-13-21-33(27-30)39(37-25-12-11-22-34(37)29-16-5-2-6-17-29)38-35-23-9-7-18-31(35)26-32-19-8-10-24-36(32)38/h1-27H. The summed E-state index contributed by atoms with van der Waals surface area (Å²) >= 11 is 0. The van der Waals surface area contributed by atoms with E-state index >= 15 is 0 Å². The number of hydrogen-bond acceptors (Lipinski definition) is 1. The van der Waals surface area contributed by atoms with Gasteiger partial charge < -0.3 is 4.90 Å². The van der Waals surface area contributed by atoms with E-state index in [4.69, 9.17) is 0 Å². The zero-order valence-corrected chi connectivity index (χ0v) is 21.5. The van der Waals surface area contributed by atoms with Gasteiger partial charge in [-0.1, -0.05) is 140 Å². The second-order valence-corrected chi connectivity index (χ2v) is 9.80. The largest absolute Gasteiger partial charge is 0.309 e. The number of para-hydroxylation sites is 1. The Labute approximate surface area is 229 Å². The molecule has 39 heavy (non-hydrogen) atoms.